The molecule has 2 aromatic heterocycles. The van der Waals surface area contributed by atoms with Gasteiger partial charge in [0, 0.05) is 44.7 Å². The highest BCUT2D eigenvalue weighted by molar-refractivity contribution is 6.31. The van der Waals surface area contributed by atoms with Crippen LogP contribution < -0.4 is 0 Å². The lowest BCUT2D eigenvalue weighted by molar-refractivity contribution is -0.132. The number of oxazole rings is 1. The summed E-state index contributed by atoms with van der Waals surface area (Å²) in [4.78, 5) is 25.0. The van der Waals surface area contributed by atoms with E-state index in [1.807, 2.05) is 17.0 Å². The van der Waals surface area contributed by atoms with Gasteiger partial charge in [-0.2, -0.15) is 0 Å². The van der Waals surface area contributed by atoms with Crippen molar-refractivity contribution in [2.45, 2.75) is 52.2 Å². The zero-order chi connectivity index (χ0) is 18.7. The van der Waals surface area contributed by atoms with Gasteiger partial charge in [-0.05, 0) is 18.6 Å². The van der Waals surface area contributed by atoms with E-state index in [9.17, 15) is 4.79 Å². The normalized spacial score (nSPS) is 17.8. The molecule has 1 unspecified atom stereocenters. The summed E-state index contributed by atoms with van der Waals surface area (Å²) in [7, 11) is 0. The van der Waals surface area contributed by atoms with Gasteiger partial charge in [0.1, 0.15) is 5.76 Å². The number of halogens is 1. The van der Waals surface area contributed by atoms with E-state index in [1.54, 1.807) is 19.3 Å². The summed E-state index contributed by atoms with van der Waals surface area (Å²) in [5, 5.41) is 0.681. The Morgan fingerprint density at radius 2 is 2.27 bits per heavy atom. The third-order valence-electron chi connectivity index (χ3n) is 4.75. The van der Waals surface area contributed by atoms with Crippen LogP contribution in [0.3, 0.4) is 0 Å². The molecule has 1 fully saturated rings. The van der Waals surface area contributed by atoms with Crippen LogP contribution in [-0.2, 0) is 17.9 Å². The molecule has 1 amide bonds. The van der Waals surface area contributed by atoms with Crippen molar-refractivity contribution in [1.29, 1.82) is 0 Å². The van der Waals surface area contributed by atoms with Crippen molar-refractivity contribution >= 4 is 17.5 Å². The Hall–Kier alpha value is -1.92. The third-order valence-corrected chi connectivity index (χ3v) is 5.09. The van der Waals surface area contributed by atoms with Crippen LogP contribution in [0.4, 0.5) is 0 Å². The fourth-order valence-electron chi connectivity index (χ4n) is 3.26. The molecule has 1 atom stereocenters. The first-order valence-corrected chi connectivity index (χ1v) is 9.35. The quantitative estimate of drug-likeness (QED) is 0.772. The van der Waals surface area contributed by atoms with Gasteiger partial charge >= 0.3 is 0 Å². The fraction of sp³-hybridized carbons (Fsp3) is 0.526. The molecule has 1 aliphatic heterocycles. The lowest BCUT2D eigenvalue weighted by Crippen LogP contribution is -2.40. The van der Waals surface area contributed by atoms with Gasteiger partial charge in [0.2, 0.25) is 11.8 Å². The Kier molecular flexibility index (Phi) is 5.94. The molecular weight excluding hydrogens is 352 g/mol. The van der Waals surface area contributed by atoms with E-state index < -0.39 is 0 Å². The number of amides is 1. The fourth-order valence-corrected chi connectivity index (χ4v) is 3.45. The first kappa shape index (κ1) is 18.9. The molecule has 140 valence electrons. The van der Waals surface area contributed by atoms with Crippen molar-refractivity contribution < 1.29 is 9.21 Å². The summed E-state index contributed by atoms with van der Waals surface area (Å²) in [6.07, 6.45) is 4.43. The third kappa shape index (κ3) is 4.43. The van der Waals surface area contributed by atoms with Crippen LogP contribution in [0.2, 0.25) is 5.02 Å². The van der Waals surface area contributed by atoms with Gasteiger partial charge in [-0.25, -0.2) is 4.98 Å². The second-order valence-corrected chi connectivity index (χ2v) is 7.47. The minimum absolute atomic E-state index is 0.0389. The van der Waals surface area contributed by atoms with E-state index in [2.05, 4.69) is 28.7 Å². The number of hydrogen-bond donors (Lipinski definition) is 0. The second-order valence-electron chi connectivity index (χ2n) is 7.07. The second kappa shape index (κ2) is 8.18. The Balaban J connectivity index is 1.64. The molecule has 0 N–H and O–H groups in total. The maximum atomic E-state index is 12.2. The number of hydrogen-bond acceptors (Lipinski definition) is 5. The number of carbonyl (C=O) groups excluding carboxylic acids is 1. The first-order valence-electron chi connectivity index (χ1n) is 8.97. The number of carbonyl (C=O) groups is 1. The van der Waals surface area contributed by atoms with Crippen molar-refractivity contribution in [3.8, 4) is 0 Å². The van der Waals surface area contributed by atoms with Crippen LogP contribution in [-0.4, -0.2) is 44.8 Å². The topological polar surface area (TPSA) is 62.5 Å². The Labute approximate surface area is 159 Å². The summed E-state index contributed by atoms with van der Waals surface area (Å²) in [5.74, 6) is 1.76. The van der Waals surface area contributed by atoms with Gasteiger partial charge in [0.05, 0.1) is 23.5 Å². The van der Waals surface area contributed by atoms with Gasteiger partial charge in [0.25, 0.3) is 0 Å². The van der Waals surface area contributed by atoms with Gasteiger partial charge in [-0.1, -0.05) is 25.4 Å². The summed E-state index contributed by atoms with van der Waals surface area (Å²) >= 11 is 6.21. The number of pyridine rings is 1. The van der Waals surface area contributed by atoms with E-state index in [0.29, 0.717) is 24.0 Å². The van der Waals surface area contributed by atoms with Crippen molar-refractivity contribution in [3.63, 3.8) is 0 Å². The van der Waals surface area contributed by atoms with Gasteiger partial charge in [-0.15, -0.1) is 0 Å². The molecule has 1 aliphatic rings. The van der Waals surface area contributed by atoms with E-state index in [4.69, 9.17) is 16.0 Å². The smallest absolute Gasteiger partial charge is 0.220 e. The van der Waals surface area contributed by atoms with Crippen LogP contribution in [0, 0.1) is 0 Å². The number of aromatic nitrogens is 2. The summed E-state index contributed by atoms with van der Waals surface area (Å²) in [5.41, 5.74) is 0.874. The molecule has 0 spiro atoms. The highest BCUT2D eigenvalue weighted by Crippen LogP contribution is 2.23. The lowest BCUT2D eigenvalue weighted by atomic mass is 10.2. The number of nitrogens with zero attached hydrogens (tertiary/aromatic N) is 4. The zero-order valence-electron chi connectivity index (χ0n) is 15.5. The largest absolute Gasteiger partial charge is 0.444 e. The van der Waals surface area contributed by atoms with Crippen molar-refractivity contribution in [2.75, 3.05) is 13.1 Å². The molecule has 0 bridgehead atoms. The summed E-state index contributed by atoms with van der Waals surface area (Å²) in [6, 6.07) is 3.83. The van der Waals surface area contributed by atoms with Gasteiger partial charge in [-0.3, -0.25) is 14.7 Å². The van der Waals surface area contributed by atoms with Crippen molar-refractivity contribution in [3.05, 3.63) is 46.9 Å². The van der Waals surface area contributed by atoms with E-state index in [0.717, 1.165) is 31.0 Å². The Bertz CT molecular complexity index is 762. The Morgan fingerprint density at radius 1 is 1.46 bits per heavy atom. The van der Waals surface area contributed by atoms with E-state index >= 15 is 0 Å². The molecule has 2 aromatic rings. The number of rotatable bonds is 6. The standard InChI is InChI=1S/C19H25ClN4O2/c1-13(2)18-9-22-19(26-18)12-24(14(3)25)15-6-8-23(10-15)11-17-16(20)5-4-7-21-17/h4-5,7,9,13,15H,6,8,10-12H2,1-3H3. The highest BCUT2D eigenvalue weighted by Gasteiger charge is 2.30. The maximum Gasteiger partial charge on any atom is 0.220 e. The predicted molar refractivity (Wildman–Crippen MR) is 99.7 cm³/mol. The lowest BCUT2D eigenvalue weighted by Gasteiger charge is -2.27. The number of likely N-dealkylation sites (tertiary alicyclic amines) is 1. The predicted octanol–water partition coefficient (Wildman–Crippen LogP) is 3.47. The Morgan fingerprint density at radius 3 is 2.92 bits per heavy atom. The average Bonchev–Trinajstić information content (AvgIpc) is 3.24. The molecule has 0 aliphatic carbocycles. The van der Waals surface area contributed by atoms with E-state index in [-0.39, 0.29) is 17.9 Å². The first-order chi connectivity index (χ1) is 12.4. The molecule has 3 rings (SSSR count). The van der Waals surface area contributed by atoms with Crippen LogP contribution >= 0.6 is 11.6 Å². The molecule has 0 saturated carbocycles. The minimum atomic E-state index is 0.0389. The average molecular weight is 377 g/mol. The molecule has 3 heterocycles. The van der Waals surface area contributed by atoms with Crippen LogP contribution in [0.1, 0.15) is 50.5 Å². The summed E-state index contributed by atoms with van der Waals surface area (Å²) in [6.45, 7) is 8.53. The van der Waals surface area contributed by atoms with Crippen LogP contribution in [0.15, 0.2) is 28.9 Å². The van der Waals surface area contributed by atoms with Gasteiger partial charge in [0.15, 0.2) is 0 Å². The van der Waals surface area contributed by atoms with Gasteiger partial charge < -0.3 is 9.32 Å². The molecule has 0 aromatic carbocycles. The maximum absolute atomic E-state index is 12.2. The molecule has 7 heteroatoms. The zero-order valence-corrected chi connectivity index (χ0v) is 16.2. The SMILES string of the molecule is CC(=O)N(Cc1ncc(C(C)C)o1)C1CCN(Cc2ncccc2Cl)C1. The molecule has 0 radical (unpaired) electrons. The molecular formula is C19H25ClN4O2. The van der Waals surface area contributed by atoms with Crippen molar-refractivity contribution in [2.24, 2.45) is 0 Å². The van der Waals surface area contributed by atoms with Crippen LogP contribution in [0.5, 0.6) is 0 Å². The molecule has 1 saturated heterocycles. The molecule has 26 heavy (non-hydrogen) atoms. The van der Waals surface area contributed by atoms with E-state index in [1.165, 1.54) is 0 Å². The molecule has 6 nitrogen and oxygen atoms in total. The highest BCUT2D eigenvalue weighted by atomic mass is 35.5. The van der Waals surface area contributed by atoms with Crippen LogP contribution in [0.25, 0.3) is 0 Å². The van der Waals surface area contributed by atoms with Crippen molar-refractivity contribution in [1.82, 2.24) is 19.8 Å². The minimum Gasteiger partial charge on any atom is -0.444 e. The summed E-state index contributed by atoms with van der Waals surface area (Å²) < 4.78 is 5.78. The monoisotopic (exact) mass is 376 g/mol.